The molecule has 0 saturated carbocycles. The molecule has 0 unspecified atom stereocenters. The SMILES string of the molecule is CCN(C[C@H]1CCOC1)C(=O)c1nn(C)c(=O)c2ccccc12. The second-order valence-electron chi connectivity index (χ2n) is 5.90. The summed E-state index contributed by atoms with van der Waals surface area (Å²) < 4.78 is 6.63. The van der Waals surface area contributed by atoms with Gasteiger partial charge in [-0.05, 0) is 19.4 Å². The van der Waals surface area contributed by atoms with Crippen molar-refractivity contribution in [3.05, 3.63) is 40.3 Å². The average molecular weight is 315 g/mol. The van der Waals surface area contributed by atoms with E-state index in [0.717, 1.165) is 13.0 Å². The molecular weight excluding hydrogens is 294 g/mol. The Labute approximate surface area is 134 Å². The molecule has 122 valence electrons. The van der Waals surface area contributed by atoms with Gasteiger partial charge in [-0.15, -0.1) is 0 Å². The highest BCUT2D eigenvalue weighted by Gasteiger charge is 2.25. The van der Waals surface area contributed by atoms with E-state index in [2.05, 4.69) is 5.10 Å². The van der Waals surface area contributed by atoms with Crippen LogP contribution in [0.4, 0.5) is 0 Å². The third-order valence-electron chi connectivity index (χ3n) is 4.33. The van der Waals surface area contributed by atoms with Gasteiger partial charge in [0, 0.05) is 38.0 Å². The van der Waals surface area contributed by atoms with Gasteiger partial charge in [0.2, 0.25) is 0 Å². The van der Waals surface area contributed by atoms with Crippen molar-refractivity contribution in [3.63, 3.8) is 0 Å². The Kier molecular flexibility index (Phi) is 4.43. The summed E-state index contributed by atoms with van der Waals surface area (Å²) in [6.07, 6.45) is 0.977. The van der Waals surface area contributed by atoms with Crippen molar-refractivity contribution in [1.82, 2.24) is 14.7 Å². The van der Waals surface area contributed by atoms with Crippen LogP contribution in [0.5, 0.6) is 0 Å². The summed E-state index contributed by atoms with van der Waals surface area (Å²) in [6.45, 7) is 4.68. The molecule has 1 aromatic carbocycles. The lowest BCUT2D eigenvalue weighted by molar-refractivity contribution is 0.0724. The van der Waals surface area contributed by atoms with Crippen LogP contribution in [0.25, 0.3) is 10.8 Å². The minimum Gasteiger partial charge on any atom is -0.381 e. The highest BCUT2D eigenvalue weighted by molar-refractivity contribution is 6.04. The molecule has 2 aromatic rings. The number of carbonyl (C=O) groups is 1. The monoisotopic (exact) mass is 315 g/mol. The molecule has 6 nitrogen and oxygen atoms in total. The maximum absolute atomic E-state index is 12.9. The van der Waals surface area contributed by atoms with Crippen molar-refractivity contribution < 1.29 is 9.53 Å². The second-order valence-corrected chi connectivity index (χ2v) is 5.90. The highest BCUT2D eigenvalue weighted by Crippen LogP contribution is 2.18. The zero-order chi connectivity index (χ0) is 16.4. The van der Waals surface area contributed by atoms with E-state index >= 15 is 0 Å². The topological polar surface area (TPSA) is 64.4 Å². The van der Waals surface area contributed by atoms with E-state index in [4.69, 9.17) is 4.74 Å². The summed E-state index contributed by atoms with van der Waals surface area (Å²) >= 11 is 0. The smallest absolute Gasteiger partial charge is 0.274 e. The summed E-state index contributed by atoms with van der Waals surface area (Å²) in [6, 6.07) is 7.13. The molecule has 23 heavy (non-hydrogen) atoms. The van der Waals surface area contributed by atoms with Gasteiger partial charge in [-0.3, -0.25) is 9.59 Å². The van der Waals surface area contributed by atoms with Gasteiger partial charge in [0.15, 0.2) is 5.69 Å². The lowest BCUT2D eigenvalue weighted by Crippen LogP contribution is -2.37. The van der Waals surface area contributed by atoms with Crippen molar-refractivity contribution in [2.24, 2.45) is 13.0 Å². The van der Waals surface area contributed by atoms with Crippen molar-refractivity contribution in [2.45, 2.75) is 13.3 Å². The number of carbonyl (C=O) groups excluding carboxylic acids is 1. The predicted molar refractivity (Wildman–Crippen MR) is 87.5 cm³/mol. The number of hydrogen-bond donors (Lipinski definition) is 0. The molecule has 0 radical (unpaired) electrons. The van der Waals surface area contributed by atoms with Gasteiger partial charge in [0.05, 0.1) is 12.0 Å². The van der Waals surface area contributed by atoms with Gasteiger partial charge in [-0.25, -0.2) is 4.68 Å². The molecule has 0 aliphatic carbocycles. The van der Waals surface area contributed by atoms with Gasteiger partial charge < -0.3 is 9.64 Å². The molecule has 0 bridgehead atoms. The van der Waals surface area contributed by atoms with E-state index in [1.54, 1.807) is 30.1 Å². The molecule has 1 aromatic heterocycles. The van der Waals surface area contributed by atoms with Gasteiger partial charge >= 0.3 is 0 Å². The van der Waals surface area contributed by atoms with E-state index in [0.29, 0.717) is 42.1 Å². The van der Waals surface area contributed by atoms with Crippen molar-refractivity contribution in [3.8, 4) is 0 Å². The van der Waals surface area contributed by atoms with Gasteiger partial charge in [0.25, 0.3) is 11.5 Å². The molecule has 6 heteroatoms. The number of fused-ring (bicyclic) bond motifs is 1. The largest absolute Gasteiger partial charge is 0.381 e. The maximum atomic E-state index is 12.9. The third kappa shape index (κ3) is 2.99. The summed E-state index contributed by atoms with van der Waals surface area (Å²) in [5, 5.41) is 5.36. The molecule has 1 amide bonds. The molecule has 0 N–H and O–H groups in total. The first-order valence-electron chi connectivity index (χ1n) is 7.95. The number of hydrogen-bond acceptors (Lipinski definition) is 4. The summed E-state index contributed by atoms with van der Waals surface area (Å²) in [5.74, 6) is 0.240. The normalized spacial score (nSPS) is 17.6. The summed E-state index contributed by atoms with van der Waals surface area (Å²) in [5.41, 5.74) is 0.146. The highest BCUT2D eigenvalue weighted by atomic mass is 16.5. The second kappa shape index (κ2) is 6.50. The molecular formula is C17H21N3O3. The van der Waals surface area contributed by atoms with Gasteiger partial charge in [-0.1, -0.05) is 18.2 Å². The van der Waals surface area contributed by atoms with E-state index in [9.17, 15) is 9.59 Å². The maximum Gasteiger partial charge on any atom is 0.274 e. The summed E-state index contributed by atoms with van der Waals surface area (Å²) in [7, 11) is 1.58. The van der Waals surface area contributed by atoms with Crippen molar-refractivity contribution >= 4 is 16.7 Å². The first kappa shape index (κ1) is 15.7. The molecule has 1 atom stereocenters. The quantitative estimate of drug-likeness (QED) is 0.856. The zero-order valence-electron chi connectivity index (χ0n) is 13.5. The number of benzene rings is 1. The molecule has 0 spiro atoms. The van der Waals surface area contributed by atoms with Crippen LogP contribution in [0.3, 0.4) is 0 Å². The van der Waals surface area contributed by atoms with Crippen LogP contribution in [0.15, 0.2) is 29.1 Å². The Balaban J connectivity index is 1.99. The number of ether oxygens (including phenoxy) is 1. The van der Waals surface area contributed by atoms with Crippen LogP contribution in [0.2, 0.25) is 0 Å². The number of aromatic nitrogens is 2. The van der Waals surface area contributed by atoms with Crippen molar-refractivity contribution in [1.29, 1.82) is 0 Å². The van der Waals surface area contributed by atoms with Gasteiger partial charge in [0.1, 0.15) is 0 Å². The standard InChI is InChI=1S/C17H21N3O3/c1-3-20(10-12-8-9-23-11-12)17(22)15-13-6-4-5-7-14(13)16(21)19(2)18-15/h4-7,12H,3,8-11H2,1-2H3/t12-/m1/s1. The molecule has 1 saturated heterocycles. The van der Waals surface area contributed by atoms with Crippen LogP contribution >= 0.6 is 0 Å². The lowest BCUT2D eigenvalue weighted by Gasteiger charge is -2.24. The molecule has 1 fully saturated rings. The number of aryl methyl sites for hydroxylation is 1. The molecule has 1 aliphatic rings. The summed E-state index contributed by atoms with van der Waals surface area (Å²) in [4.78, 5) is 26.9. The fourth-order valence-electron chi connectivity index (χ4n) is 3.00. The minimum atomic E-state index is -0.190. The van der Waals surface area contributed by atoms with Crippen LogP contribution in [-0.2, 0) is 11.8 Å². The zero-order valence-corrected chi connectivity index (χ0v) is 13.5. The molecule has 3 rings (SSSR count). The third-order valence-corrected chi connectivity index (χ3v) is 4.33. The first-order valence-corrected chi connectivity index (χ1v) is 7.95. The van der Waals surface area contributed by atoms with Crippen LogP contribution in [0, 0.1) is 5.92 Å². The molecule has 2 heterocycles. The van der Waals surface area contributed by atoms with E-state index < -0.39 is 0 Å². The van der Waals surface area contributed by atoms with E-state index in [-0.39, 0.29) is 11.5 Å². The first-order chi connectivity index (χ1) is 11.1. The van der Waals surface area contributed by atoms with Crippen LogP contribution in [-0.4, -0.2) is 46.9 Å². The van der Waals surface area contributed by atoms with Crippen LogP contribution < -0.4 is 5.56 Å². The van der Waals surface area contributed by atoms with E-state index in [1.165, 1.54) is 4.68 Å². The van der Waals surface area contributed by atoms with Crippen LogP contribution in [0.1, 0.15) is 23.8 Å². The Bertz CT molecular complexity index is 778. The average Bonchev–Trinajstić information content (AvgIpc) is 3.08. The number of nitrogens with zero attached hydrogens (tertiary/aromatic N) is 3. The van der Waals surface area contributed by atoms with E-state index in [1.807, 2.05) is 13.0 Å². The Morgan fingerprint density at radius 1 is 1.39 bits per heavy atom. The fraction of sp³-hybridized carbons (Fsp3) is 0.471. The Hall–Kier alpha value is -2.21. The van der Waals surface area contributed by atoms with Gasteiger partial charge in [-0.2, -0.15) is 5.10 Å². The molecule has 1 aliphatic heterocycles. The number of amides is 1. The fourth-order valence-corrected chi connectivity index (χ4v) is 3.00. The van der Waals surface area contributed by atoms with Crippen molar-refractivity contribution in [2.75, 3.05) is 26.3 Å². The minimum absolute atomic E-state index is 0.133. The Morgan fingerprint density at radius 2 is 2.13 bits per heavy atom. The Morgan fingerprint density at radius 3 is 2.78 bits per heavy atom. The predicted octanol–water partition coefficient (Wildman–Crippen LogP) is 1.43. The lowest BCUT2D eigenvalue weighted by atomic mass is 10.1. The number of rotatable bonds is 4.